The molecule has 0 aliphatic heterocycles. The third-order valence-corrected chi connectivity index (χ3v) is 3.75. The van der Waals surface area contributed by atoms with Crippen LogP contribution in [0.1, 0.15) is 53.0 Å². The van der Waals surface area contributed by atoms with Crippen LogP contribution in [-0.4, -0.2) is 14.1 Å². The van der Waals surface area contributed by atoms with Gasteiger partial charge in [0.15, 0.2) is 0 Å². The molecule has 0 atom stereocenters. The molecule has 0 spiro atoms. The third kappa shape index (κ3) is 7.40. The van der Waals surface area contributed by atoms with Gasteiger partial charge in [-0.2, -0.15) is 0 Å². The lowest BCUT2D eigenvalue weighted by Gasteiger charge is -2.18. The summed E-state index contributed by atoms with van der Waals surface area (Å²) >= 11 is 0. The molecular formula is C21H36N2. The van der Waals surface area contributed by atoms with Gasteiger partial charge in [0.1, 0.15) is 0 Å². The minimum Gasteiger partial charge on any atom is -0.388 e. The first-order chi connectivity index (χ1) is 11.1. The topological polar surface area (TPSA) is 24.1 Å². The van der Waals surface area contributed by atoms with Crippen LogP contribution >= 0.6 is 0 Å². The molecule has 0 amide bonds. The predicted octanol–water partition coefficient (Wildman–Crippen LogP) is 5.78. The van der Waals surface area contributed by atoms with Crippen molar-refractivity contribution >= 4 is 5.69 Å². The van der Waals surface area contributed by atoms with Gasteiger partial charge in [0.05, 0.1) is 0 Å². The number of rotatable bonds is 4. The number of likely N-dealkylation sites (N-methyl/N-ethyl adjacent to an activating group) is 1. The number of allylic oxidation sites excluding steroid dienone is 3. The van der Waals surface area contributed by atoms with Crippen molar-refractivity contribution in [3.8, 4) is 0 Å². The molecule has 0 unspecified atom stereocenters. The number of anilines is 1. The summed E-state index contributed by atoms with van der Waals surface area (Å²) in [6.45, 7) is 10.6. The van der Waals surface area contributed by atoms with Crippen LogP contribution in [0.15, 0.2) is 47.7 Å². The zero-order valence-corrected chi connectivity index (χ0v) is 16.2. The summed E-state index contributed by atoms with van der Waals surface area (Å²) in [6.07, 6.45) is 8.12. The van der Waals surface area contributed by atoms with Gasteiger partial charge in [0.25, 0.3) is 0 Å². The lowest BCUT2D eigenvalue weighted by molar-refractivity contribution is 0.731. The van der Waals surface area contributed by atoms with Crippen molar-refractivity contribution in [1.82, 2.24) is 5.32 Å². The third-order valence-electron chi connectivity index (χ3n) is 3.75. The highest BCUT2D eigenvalue weighted by Gasteiger charge is 2.09. The first-order valence-corrected chi connectivity index (χ1v) is 8.98. The van der Waals surface area contributed by atoms with E-state index in [4.69, 9.17) is 0 Å². The fourth-order valence-corrected chi connectivity index (χ4v) is 2.56. The molecular weight excluding hydrogens is 280 g/mol. The predicted molar refractivity (Wildman–Crippen MR) is 106 cm³/mol. The standard InChI is InChI=1S/C10H17N.C9H13N.C2H6/c1-8(2)9-6-4-5-7-10(9)11-3;1-3-8-6-4-5-7-9(8)10-2;1-2/h6-8,11H,4-5H2,1-3H3;4-7,10H,3H2,1-2H3;1-2H3. The van der Waals surface area contributed by atoms with Crippen molar-refractivity contribution in [3.05, 3.63) is 53.3 Å². The van der Waals surface area contributed by atoms with Crippen molar-refractivity contribution < 1.29 is 0 Å². The molecule has 0 aromatic heterocycles. The van der Waals surface area contributed by atoms with E-state index in [1.165, 1.54) is 35.4 Å². The number of para-hydroxylation sites is 1. The van der Waals surface area contributed by atoms with Gasteiger partial charge in [-0.1, -0.05) is 65.0 Å². The fourth-order valence-electron chi connectivity index (χ4n) is 2.56. The molecule has 0 saturated heterocycles. The first-order valence-electron chi connectivity index (χ1n) is 8.98. The number of nitrogens with one attached hydrogen (secondary N) is 2. The van der Waals surface area contributed by atoms with E-state index in [1.54, 1.807) is 0 Å². The maximum Gasteiger partial charge on any atom is 0.0370 e. The summed E-state index contributed by atoms with van der Waals surface area (Å²) in [5.74, 6) is 0.647. The summed E-state index contributed by atoms with van der Waals surface area (Å²) < 4.78 is 0. The van der Waals surface area contributed by atoms with Crippen LogP contribution in [0.2, 0.25) is 0 Å². The van der Waals surface area contributed by atoms with Crippen molar-refractivity contribution in [2.24, 2.45) is 5.92 Å². The Labute approximate surface area is 144 Å². The molecule has 2 rings (SSSR count). The van der Waals surface area contributed by atoms with Crippen molar-refractivity contribution in [2.75, 3.05) is 19.4 Å². The van der Waals surface area contributed by atoms with Crippen molar-refractivity contribution in [1.29, 1.82) is 0 Å². The van der Waals surface area contributed by atoms with E-state index >= 15 is 0 Å². The monoisotopic (exact) mass is 316 g/mol. The Morgan fingerprint density at radius 3 is 2.00 bits per heavy atom. The number of benzene rings is 1. The van der Waals surface area contributed by atoms with E-state index < -0.39 is 0 Å². The van der Waals surface area contributed by atoms with Crippen LogP contribution in [0.5, 0.6) is 0 Å². The SMILES string of the molecule is CC.CCc1ccccc1NC.CNC1=CCCC=C1C(C)C. The second-order valence-electron chi connectivity index (χ2n) is 5.52. The lowest BCUT2D eigenvalue weighted by Crippen LogP contribution is -2.13. The number of aryl methyl sites for hydroxylation is 1. The summed E-state index contributed by atoms with van der Waals surface area (Å²) in [5.41, 5.74) is 5.42. The van der Waals surface area contributed by atoms with Gasteiger partial charge in [-0.15, -0.1) is 0 Å². The number of hydrogen-bond donors (Lipinski definition) is 2. The zero-order valence-electron chi connectivity index (χ0n) is 16.2. The molecule has 2 heteroatoms. The zero-order chi connectivity index (χ0) is 17.7. The molecule has 0 heterocycles. The molecule has 1 aromatic carbocycles. The van der Waals surface area contributed by atoms with Crippen molar-refractivity contribution in [3.63, 3.8) is 0 Å². The lowest BCUT2D eigenvalue weighted by atomic mass is 9.94. The highest BCUT2D eigenvalue weighted by atomic mass is 14.8. The Kier molecular flexibility index (Phi) is 11.9. The van der Waals surface area contributed by atoms with Crippen LogP contribution in [0, 0.1) is 5.92 Å². The summed E-state index contributed by atoms with van der Waals surface area (Å²) in [7, 11) is 3.95. The molecule has 0 saturated carbocycles. The van der Waals surface area contributed by atoms with E-state index in [9.17, 15) is 0 Å². The minimum absolute atomic E-state index is 0.647. The van der Waals surface area contributed by atoms with Gasteiger partial charge >= 0.3 is 0 Å². The van der Waals surface area contributed by atoms with Gasteiger partial charge in [0.2, 0.25) is 0 Å². The van der Waals surface area contributed by atoms with E-state index in [0.29, 0.717) is 5.92 Å². The average Bonchev–Trinajstić information content (AvgIpc) is 2.63. The molecule has 23 heavy (non-hydrogen) atoms. The second kappa shape index (κ2) is 12.8. The minimum atomic E-state index is 0.647. The van der Waals surface area contributed by atoms with Gasteiger partial charge in [0, 0.05) is 25.5 Å². The normalized spacial score (nSPS) is 12.9. The van der Waals surface area contributed by atoms with Crippen molar-refractivity contribution in [2.45, 2.75) is 53.9 Å². The molecule has 2 nitrogen and oxygen atoms in total. The molecule has 0 bridgehead atoms. The Bertz CT molecular complexity index is 461. The van der Waals surface area contributed by atoms with Gasteiger partial charge in [-0.25, -0.2) is 0 Å². The molecule has 130 valence electrons. The van der Waals surface area contributed by atoms with Crippen LogP contribution < -0.4 is 10.6 Å². The average molecular weight is 317 g/mol. The Morgan fingerprint density at radius 2 is 1.57 bits per heavy atom. The van der Waals surface area contributed by atoms with Crippen LogP contribution in [-0.2, 0) is 6.42 Å². The Hall–Kier alpha value is -1.70. The molecule has 0 fully saturated rings. The molecule has 1 aliphatic carbocycles. The molecule has 1 aliphatic rings. The summed E-state index contributed by atoms with van der Waals surface area (Å²) in [5, 5.41) is 6.37. The quantitative estimate of drug-likeness (QED) is 0.735. The fraction of sp³-hybridized carbons (Fsp3) is 0.524. The van der Waals surface area contributed by atoms with E-state index in [2.05, 4.69) is 61.8 Å². The first kappa shape index (κ1) is 21.3. The van der Waals surface area contributed by atoms with Gasteiger partial charge in [-0.3, -0.25) is 0 Å². The smallest absolute Gasteiger partial charge is 0.0370 e. The maximum atomic E-state index is 3.23. The molecule has 0 radical (unpaired) electrons. The van der Waals surface area contributed by atoms with Gasteiger partial charge < -0.3 is 10.6 Å². The summed E-state index contributed by atoms with van der Waals surface area (Å²) in [4.78, 5) is 0. The maximum absolute atomic E-state index is 3.23. The number of hydrogen-bond acceptors (Lipinski definition) is 2. The highest BCUT2D eigenvalue weighted by Crippen LogP contribution is 2.22. The largest absolute Gasteiger partial charge is 0.388 e. The summed E-state index contributed by atoms with van der Waals surface area (Å²) in [6, 6.07) is 8.36. The van der Waals surface area contributed by atoms with Crippen LogP contribution in [0.4, 0.5) is 5.69 Å². The Balaban J connectivity index is 0.000000381. The van der Waals surface area contributed by atoms with Crippen LogP contribution in [0.25, 0.3) is 0 Å². The molecule has 2 N–H and O–H groups in total. The highest BCUT2D eigenvalue weighted by molar-refractivity contribution is 5.50. The van der Waals surface area contributed by atoms with E-state index in [1.807, 2.05) is 34.0 Å². The molecule has 1 aromatic rings. The van der Waals surface area contributed by atoms with Gasteiger partial charge in [-0.05, 0) is 42.4 Å². The second-order valence-corrected chi connectivity index (χ2v) is 5.52. The van der Waals surface area contributed by atoms with Crippen LogP contribution in [0.3, 0.4) is 0 Å². The van der Waals surface area contributed by atoms with E-state index in [-0.39, 0.29) is 0 Å². The van der Waals surface area contributed by atoms with E-state index in [0.717, 1.165) is 6.42 Å². The Morgan fingerprint density at radius 1 is 0.957 bits per heavy atom.